The number of hydrogen-bond acceptors (Lipinski definition) is 3. The van der Waals surface area contributed by atoms with Crippen LogP contribution in [0.1, 0.15) is 66.7 Å². The minimum Gasteiger partial charge on any atom is -0.381 e. The van der Waals surface area contributed by atoms with Crippen LogP contribution in [0.4, 0.5) is 0 Å². The third-order valence-corrected chi connectivity index (χ3v) is 3.44. The molecule has 0 saturated heterocycles. The summed E-state index contributed by atoms with van der Waals surface area (Å²) in [6, 6.07) is 0.250. The van der Waals surface area contributed by atoms with Gasteiger partial charge in [-0.05, 0) is 58.8 Å². The third kappa shape index (κ3) is 9.32. The van der Waals surface area contributed by atoms with Crippen molar-refractivity contribution in [3.8, 4) is 0 Å². The fourth-order valence-corrected chi connectivity index (χ4v) is 2.28. The van der Waals surface area contributed by atoms with E-state index in [0.717, 1.165) is 44.8 Å². The van der Waals surface area contributed by atoms with E-state index < -0.39 is 5.54 Å². The smallest absolute Gasteiger partial charge is 0.237 e. The SMILES string of the molecule is CC(C)CCCOCCCCC(C)(NC(C)C)C(N)=O. The van der Waals surface area contributed by atoms with Crippen molar-refractivity contribution < 1.29 is 9.53 Å². The quantitative estimate of drug-likeness (QED) is 0.542. The molecule has 4 heteroatoms. The largest absolute Gasteiger partial charge is 0.381 e. The van der Waals surface area contributed by atoms with Crippen molar-refractivity contribution in [2.45, 2.75) is 78.3 Å². The van der Waals surface area contributed by atoms with Gasteiger partial charge in [0.15, 0.2) is 0 Å². The summed E-state index contributed by atoms with van der Waals surface area (Å²) in [5, 5.41) is 3.26. The van der Waals surface area contributed by atoms with Crippen LogP contribution in [0.3, 0.4) is 0 Å². The number of primary amides is 1. The van der Waals surface area contributed by atoms with E-state index in [2.05, 4.69) is 19.2 Å². The van der Waals surface area contributed by atoms with Crippen LogP contribution < -0.4 is 11.1 Å². The monoisotopic (exact) mass is 286 g/mol. The highest BCUT2D eigenvalue weighted by atomic mass is 16.5. The number of nitrogens with one attached hydrogen (secondary N) is 1. The molecule has 0 aromatic carbocycles. The number of nitrogens with two attached hydrogens (primary N) is 1. The first-order valence-corrected chi connectivity index (χ1v) is 7.93. The van der Waals surface area contributed by atoms with Crippen LogP contribution in [0.2, 0.25) is 0 Å². The molecule has 0 aliphatic heterocycles. The van der Waals surface area contributed by atoms with Crippen molar-refractivity contribution in [1.82, 2.24) is 5.32 Å². The Hall–Kier alpha value is -0.610. The predicted octanol–water partition coefficient (Wildman–Crippen LogP) is 2.85. The molecule has 1 atom stereocenters. The van der Waals surface area contributed by atoms with Gasteiger partial charge in [-0.3, -0.25) is 4.79 Å². The molecule has 3 N–H and O–H groups in total. The molecule has 0 radical (unpaired) electrons. The summed E-state index contributed by atoms with van der Waals surface area (Å²) < 4.78 is 5.60. The van der Waals surface area contributed by atoms with Crippen LogP contribution in [0.5, 0.6) is 0 Å². The van der Waals surface area contributed by atoms with Gasteiger partial charge in [-0.25, -0.2) is 0 Å². The summed E-state index contributed by atoms with van der Waals surface area (Å²) in [5.41, 5.74) is 4.89. The highest BCUT2D eigenvalue weighted by molar-refractivity contribution is 5.84. The standard InChI is InChI=1S/C16H34N2O2/c1-13(2)9-8-12-20-11-7-6-10-16(5,15(17)19)18-14(3)4/h13-14,18H,6-12H2,1-5H3,(H2,17,19). The summed E-state index contributed by atoms with van der Waals surface area (Å²) in [6.45, 7) is 12.0. The van der Waals surface area contributed by atoms with E-state index in [1.807, 2.05) is 20.8 Å². The Morgan fingerprint density at radius 1 is 1.15 bits per heavy atom. The van der Waals surface area contributed by atoms with Crippen LogP contribution in [-0.4, -0.2) is 30.7 Å². The summed E-state index contributed by atoms with van der Waals surface area (Å²) in [4.78, 5) is 11.6. The molecule has 0 fully saturated rings. The van der Waals surface area contributed by atoms with Gasteiger partial charge in [-0.1, -0.05) is 13.8 Å². The van der Waals surface area contributed by atoms with Gasteiger partial charge in [-0.2, -0.15) is 0 Å². The maximum Gasteiger partial charge on any atom is 0.237 e. The number of hydrogen-bond donors (Lipinski definition) is 2. The molecule has 1 unspecified atom stereocenters. The van der Waals surface area contributed by atoms with Crippen molar-refractivity contribution in [3.05, 3.63) is 0 Å². The summed E-state index contributed by atoms with van der Waals surface area (Å²) in [6.07, 6.45) is 5.03. The summed E-state index contributed by atoms with van der Waals surface area (Å²) >= 11 is 0. The molecule has 0 bridgehead atoms. The van der Waals surface area contributed by atoms with E-state index >= 15 is 0 Å². The molecule has 1 amide bonds. The van der Waals surface area contributed by atoms with E-state index in [1.54, 1.807) is 0 Å². The number of ether oxygens (including phenoxy) is 1. The first-order valence-electron chi connectivity index (χ1n) is 7.93. The number of rotatable bonds is 12. The van der Waals surface area contributed by atoms with Crippen molar-refractivity contribution in [2.24, 2.45) is 11.7 Å². The van der Waals surface area contributed by atoms with E-state index in [9.17, 15) is 4.79 Å². The molecule has 0 aromatic rings. The van der Waals surface area contributed by atoms with Crippen LogP contribution in [0.15, 0.2) is 0 Å². The first kappa shape index (κ1) is 19.4. The predicted molar refractivity (Wildman–Crippen MR) is 84.6 cm³/mol. The fraction of sp³-hybridized carbons (Fsp3) is 0.938. The molecule has 0 aromatic heterocycles. The van der Waals surface area contributed by atoms with Crippen LogP contribution >= 0.6 is 0 Å². The molecule has 0 rings (SSSR count). The van der Waals surface area contributed by atoms with Gasteiger partial charge in [0.2, 0.25) is 5.91 Å². The lowest BCUT2D eigenvalue weighted by molar-refractivity contribution is -0.124. The van der Waals surface area contributed by atoms with Crippen molar-refractivity contribution >= 4 is 5.91 Å². The lowest BCUT2D eigenvalue weighted by Crippen LogP contribution is -2.55. The normalized spacial score (nSPS) is 14.8. The zero-order valence-corrected chi connectivity index (χ0v) is 14.0. The van der Waals surface area contributed by atoms with Gasteiger partial charge < -0.3 is 15.8 Å². The molecular formula is C16H34N2O2. The minimum atomic E-state index is -0.605. The maximum absolute atomic E-state index is 11.6. The molecule has 0 saturated carbocycles. The Morgan fingerprint density at radius 2 is 1.75 bits per heavy atom. The average molecular weight is 286 g/mol. The third-order valence-electron chi connectivity index (χ3n) is 3.44. The Labute approximate surface area is 124 Å². The van der Waals surface area contributed by atoms with E-state index in [0.29, 0.717) is 0 Å². The van der Waals surface area contributed by atoms with Crippen LogP contribution in [0, 0.1) is 5.92 Å². The fourth-order valence-electron chi connectivity index (χ4n) is 2.28. The second kappa shape index (κ2) is 10.2. The van der Waals surface area contributed by atoms with E-state index in [-0.39, 0.29) is 11.9 Å². The molecule has 4 nitrogen and oxygen atoms in total. The Bertz CT molecular complexity index is 267. The summed E-state index contributed by atoms with van der Waals surface area (Å²) in [5.74, 6) is 0.473. The van der Waals surface area contributed by atoms with E-state index in [4.69, 9.17) is 10.5 Å². The molecule has 0 spiro atoms. The Morgan fingerprint density at radius 3 is 2.25 bits per heavy atom. The van der Waals surface area contributed by atoms with Crippen molar-refractivity contribution in [1.29, 1.82) is 0 Å². The summed E-state index contributed by atoms with van der Waals surface area (Å²) in [7, 11) is 0. The minimum absolute atomic E-state index is 0.250. The molecular weight excluding hydrogens is 252 g/mol. The van der Waals surface area contributed by atoms with Crippen LogP contribution in [-0.2, 0) is 9.53 Å². The highest BCUT2D eigenvalue weighted by Crippen LogP contribution is 2.14. The molecule has 0 aliphatic rings. The van der Waals surface area contributed by atoms with Gasteiger partial charge in [-0.15, -0.1) is 0 Å². The zero-order valence-electron chi connectivity index (χ0n) is 14.0. The van der Waals surface area contributed by atoms with Gasteiger partial charge in [0.05, 0.1) is 5.54 Å². The van der Waals surface area contributed by atoms with Gasteiger partial charge in [0.25, 0.3) is 0 Å². The first-order chi connectivity index (χ1) is 9.28. The van der Waals surface area contributed by atoms with Gasteiger partial charge in [0.1, 0.15) is 0 Å². The number of carbonyl (C=O) groups is 1. The maximum atomic E-state index is 11.6. The second-order valence-electron chi connectivity index (χ2n) is 6.60. The Kier molecular flexibility index (Phi) is 9.86. The number of carbonyl (C=O) groups excluding carboxylic acids is 1. The Balaban J connectivity index is 3.72. The lowest BCUT2D eigenvalue weighted by Gasteiger charge is -2.29. The topological polar surface area (TPSA) is 64.3 Å². The molecule has 20 heavy (non-hydrogen) atoms. The molecule has 120 valence electrons. The van der Waals surface area contributed by atoms with Crippen LogP contribution in [0.25, 0.3) is 0 Å². The second-order valence-corrected chi connectivity index (χ2v) is 6.60. The van der Waals surface area contributed by atoms with E-state index in [1.165, 1.54) is 6.42 Å². The average Bonchev–Trinajstić information content (AvgIpc) is 2.31. The molecule has 0 heterocycles. The van der Waals surface area contributed by atoms with Gasteiger partial charge in [0, 0.05) is 19.3 Å². The number of amides is 1. The van der Waals surface area contributed by atoms with Gasteiger partial charge >= 0.3 is 0 Å². The lowest BCUT2D eigenvalue weighted by atomic mass is 9.93. The zero-order chi connectivity index (χ0) is 15.6. The number of unbranched alkanes of at least 4 members (excludes halogenated alkanes) is 1. The van der Waals surface area contributed by atoms with Crippen molar-refractivity contribution in [2.75, 3.05) is 13.2 Å². The molecule has 0 aliphatic carbocycles. The van der Waals surface area contributed by atoms with Crippen molar-refractivity contribution in [3.63, 3.8) is 0 Å². The highest BCUT2D eigenvalue weighted by Gasteiger charge is 2.30.